The summed E-state index contributed by atoms with van der Waals surface area (Å²) in [4.78, 5) is 11.9. The molecule has 0 spiro atoms. The van der Waals surface area contributed by atoms with Gasteiger partial charge in [0.15, 0.2) is 0 Å². The molecular weight excluding hydrogens is 245 g/mol. The van der Waals surface area contributed by atoms with Crippen LogP contribution in [0.3, 0.4) is 0 Å². The first-order valence-corrected chi connectivity index (χ1v) is 5.99. The van der Waals surface area contributed by atoms with Gasteiger partial charge >= 0.3 is 0 Å². The van der Waals surface area contributed by atoms with Gasteiger partial charge in [-0.15, -0.1) is 0 Å². The molecule has 4 heteroatoms. The van der Waals surface area contributed by atoms with Crippen LogP contribution >= 0.6 is 0 Å². The van der Waals surface area contributed by atoms with Crippen LogP contribution in [-0.4, -0.2) is 11.0 Å². The number of benzene rings is 2. The Morgan fingerprint density at radius 1 is 1.26 bits per heavy atom. The second kappa shape index (κ2) is 5.52. The third-order valence-electron chi connectivity index (χ3n) is 2.81. The van der Waals surface area contributed by atoms with Gasteiger partial charge in [0, 0.05) is 5.69 Å². The lowest BCUT2D eigenvalue weighted by atomic mass is 10.1. The standard InChI is InChI=1S/C15H14FNO2/c1-2-10-5-3-6-11(9-10)17-15(19)14-12(16)7-4-8-13(14)18/h3-9,18H,2H2,1H3,(H,17,19). The molecule has 3 nitrogen and oxygen atoms in total. The van der Waals surface area contributed by atoms with Crippen molar-refractivity contribution in [2.24, 2.45) is 0 Å². The maximum absolute atomic E-state index is 13.5. The van der Waals surface area contributed by atoms with Gasteiger partial charge < -0.3 is 10.4 Å². The van der Waals surface area contributed by atoms with Gasteiger partial charge in [-0.3, -0.25) is 4.79 Å². The number of aryl methyl sites for hydroxylation is 1. The molecule has 2 aromatic carbocycles. The number of carbonyl (C=O) groups excluding carboxylic acids is 1. The first-order chi connectivity index (χ1) is 9.11. The number of carbonyl (C=O) groups is 1. The van der Waals surface area contributed by atoms with Gasteiger partial charge in [0.05, 0.1) is 0 Å². The second-order valence-electron chi connectivity index (χ2n) is 4.14. The van der Waals surface area contributed by atoms with Crippen molar-refractivity contribution < 1.29 is 14.3 Å². The second-order valence-corrected chi connectivity index (χ2v) is 4.14. The van der Waals surface area contributed by atoms with Gasteiger partial charge in [0.1, 0.15) is 17.1 Å². The van der Waals surface area contributed by atoms with E-state index in [1.165, 1.54) is 12.1 Å². The lowest BCUT2D eigenvalue weighted by Crippen LogP contribution is -2.14. The lowest BCUT2D eigenvalue weighted by molar-refractivity contribution is 0.102. The van der Waals surface area contributed by atoms with Crippen LogP contribution in [0, 0.1) is 5.82 Å². The number of phenols is 1. The van der Waals surface area contributed by atoms with Crippen LogP contribution in [0.4, 0.5) is 10.1 Å². The number of halogens is 1. The molecule has 0 saturated carbocycles. The third kappa shape index (κ3) is 2.91. The molecule has 0 atom stereocenters. The summed E-state index contributed by atoms with van der Waals surface area (Å²) in [7, 11) is 0. The first kappa shape index (κ1) is 13.1. The molecule has 0 radical (unpaired) electrons. The van der Waals surface area contributed by atoms with E-state index in [1.54, 1.807) is 6.07 Å². The Bertz CT molecular complexity index is 591. The Hall–Kier alpha value is -2.36. The predicted octanol–water partition coefficient (Wildman–Crippen LogP) is 3.35. The fourth-order valence-corrected chi connectivity index (χ4v) is 1.80. The quantitative estimate of drug-likeness (QED) is 0.888. The topological polar surface area (TPSA) is 49.3 Å². The fraction of sp³-hybridized carbons (Fsp3) is 0.133. The SMILES string of the molecule is CCc1cccc(NC(=O)c2c(O)cccc2F)c1. The Morgan fingerprint density at radius 3 is 2.68 bits per heavy atom. The van der Waals surface area contributed by atoms with Gasteiger partial charge in [-0.2, -0.15) is 0 Å². The van der Waals surface area contributed by atoms with Gasteiger partial charge in [0.25, 0.3) is 5.91 Å². The van der Waals surface area contributed by atoms with Crippen LogP contribution in [0.5, 0.6) is 5.75 Å². The monoisotopic (exact) mass is 259 g/mol. The van der Waals surface area contributed by atoms with Crippen LogP contribution in [0.2, 0.25) is 0 Å². The van der Waals surface area contributed by atoms with Gasteiger partial charge in [0.2, 0.25) is 0 Å². The van der Waals surface area contributed by atoms with Crippen molar-refractivity contribution in [3.8, 4) is 5.75 Å². The van der Waals surface area contributed by atoms with Crippen molar-refractivity contribution >= 4 is 11.6 Å². The minimum Gasteiger partial charge on any atom is -0.507 e. The molecule has 2 N–H and O–H groups in total. The van der Waals surface area contributed by atoms with Crippen molar-refractivity contribution in [3.05, 3.63) is 59.4 Å². The van der Waals surface area contributed by atoms with Gasteiger partial charge in [-0.1, -0.05) is 25.1 Å². The van der Waals surface area contributed by atoms with Crippen molar-refractivity contribution in [2.75, 3.05) is 5.32 Å². The number of hydrogen-bond acceptors (Lipinski definition) is 2. The van der Waals surface area contributed by atoms with Crippen LogP contribution in [0.25, 0.3) is 0 Å². The van der Waals surface area contributed by atoms with Crippen molar-refractivity contribution in [3.63, 3.8) is 0 Å². The van der Waals surface area contributed by atoms with E-state index in [2.05, 4.69) is 5.32 Å². The first-order valence-electron chi connectivity index (χ1n) is 5.99. The third-order valence-corrected chi connectivity index (χ3v) is 2.81. The maximum Gasteiger partial charge on any atom is 0.262 e. The highest BCUT2D eigenvalue weighted by molar-refractivity contribution is 6.06. The summed E-state index contributed by atoms with van der Waals surface area (Å²) in [5, 5.41) is 12.1. The fourth-order valence-electron chi connectivity index (χ4n) is 1.80. The molecule has 98 valence electrons. The summed E-state index contributed by atoms with van der Waals surface area (Å²) >= 11 is 0. The summed E-state index contributed by atoms with van der Waals surface area (Å²) in [6.45, 7) is 2.00. The van der Waals surface area contributed by atoms with Crippen LogP contribution in [0.1, 0.15) is 22.8 Å². The molecule has 0 unspecified atom stereocenters. The highest BCUT2D eigenvalue weighted by Gasteiger charge is 2.16. The Kier molecular flexibility index (Phi) is 3.80. The number of phenolic OH excluding ortho intramolecular Hbond substituents is 1. The van der Waals surface area contributed by atoms with Crippen LogP contribution in [0.15, 0.2) is 42.5 Å². The molecule has 0 aliphatic rings. The van der Waals surface area contributed by atoms with E-state index in [4.69, 9.17) is 0 Å². The van der Waals surface area contributed by atoms with Crippen molar-refractivity contribution in [1.29, 1.82) is 0 Å². The number of anilines is 1. The Balaban J connectivity index is 2.26. The molecule has 0 bridgehead atoms. The number of rotatable bonds is 3. The molecule has 0 saturated heterocycles. The highest BCUT2D eigenvalue weighted by Crippen LogP contribution is 2.21. The summed E-state index contributed by atoms with van der Waals surface area (Å²) in [5.41, 5.74) is 1.30. The van der Waals surface area contributed by atoms with E-state index >= 15 is 0 Å². The summed E-state index contributed by atoms with van der Waals surface area (Å²) < 4.78 is 13.5. The number of hydrogen-bond donors (Lipinski definition) is 2. The smallest absolute Gasteiger partial charge is 0.262 e. The van der Waals surface area contributed by atoms with Gasteiger partial charge in [-0.05, 0) is 36.2 Å². The molecular formula is C15H14FNO2. The molecule has 0 aliphatic carbocycles. The van der Waals surface area contributed by atoms with E-state index in [9.17, 15) is 14.3 Å². The highest BCUT2D eigenvalue weighted by atomic mass is 19.1. The molecule has 0 fully saturated rings. The summed E-state index contributed by atoms with van der Waals surface area (Å²) in [6.07, 6.45) is 0.842. The normalized spacial score (nSPS) is 10.2. The zero-order valence-corrected chi connectivity index (χ0v) is 10.5. The van der Waals surface area contributed by atoms with E-state index < -0.39 is 11.7 Å². The summed E-state index contributed by atoms with van der Waals surface area (Å²) in [6, 6.07) is 11.0. The molecule has 2 rings (SSSR count). The van der Waals surface area contributed by atoms with Crippen molar-refractivity contribution in [2.45, 2.75) is 13.3 Å². The number of aromatic hydroxyl groups is 1. The van der Waals surface area contributed by atoms with Crippen molar-refractivity contribution in [1.82, 2.24) is 0 Å². The van der Waals surface area contributed by atoms with E-state index in [0.717, 1.165) is 18.1 Å². The lowest BCUT2D eigenvalue weighted by Gasteiger charge is -2.08. The zero-order valence-electron chi connectivity index (χ0n) is 10.5. The van der Waals surface area contributed by atoms with Gasteiger partial charge in [-0.25, -0.2) is 4.39 Å². The molecule has 2 aromatic rings. The Labute approximate surface area is 110 Å². The minimum atomic E-state index is -0.746. The minimum absolute atomic E-state index is 0.343. The molecule has 1 amide bonds. The molecule has 0 aliphatic heterocycles. The predicted molar refractivity (Wildman–Crippen MR) is 71.8 cm³/mol. The molecule has 0 aromatic heterocycles. The van der Waals surface area contributed by atoms with E-state index in [1.807, 2.05) is 25.1 Å². The molecule has 19 heavy (non-hydrogen) atoms. The largest absolute Gasteiger partial charge is 0.507 e. The zero-order chi connectivity index (χ0) is 13.8. The van der Waals surface area contributed by atoms with Crippen LogP contribution < -0.4 is 5.32 Å². The van der Waals surface area contributed by atoms with E-state index in [0.29, 0.717) is 5.69 Å². The maximum atomic E-state index is 13.5. The Morgan fingerprint density at radius 2 is 2.00 bits per heavy atom. The van der Waals surface area contributed by atoms with E-state index in [-0.39, 0.29) is 11.3 Å². The number of nitrogens with one attached hydrogen (secondary N) is 1. The van der Waals surface area contributed by atoms with Crippen LogP contribution in [-0.2, 0) is 6.42 Å². The average Bonchev–Trinajstić information content (AvgIpc) is 2.38. The molecule has 0 heterocycles. The average molecular weight is 259 g/mol. The number of amides is 1. The summed E-state index contributed by atoms with van der Waals surface area (Å²) in [5.74, 6) is -1.78.